The zero-order valence-electron chi connectivity index (χ0n) is 10.3. The molecular formula is C10H14BrNO5S2. The highest BCUT2D eigenvalue weighted by molar-refractivity contribution is 9.11. The van der Waals surface area contributed by atoms with Gasteiger partial charge in [0.2, 0.25) is 10.0 Å². The van der Waals surface area contributed by atoms with E-state index in [-0.39, 0.29) is 16.3 Å². The van der Waals surface area contributed by atoms with Crippen LogP contribution in [-0.4, -0.2) is 39.3 Å². The van der Waals surface area contributed by atoms with Crippen molar-refractivity contribution < 1.29 is 23.1 Å². The quantitative estimate of drug-likeness (QED) is 0.736. The molecule has 9 heteroatoms. The molecule has 0 saturated carbocycles. The Balaban J connectivity index is 2.95. The molecular weight excluding hydrogens is 358 g/mol. The van der Waals surface area contributed by atoms with Crippen LogP contribution in [0.15, 0.2) is 14.7 Å². The monoisotopic (exact) mass is 371 g/mol. The van der Waals surface area contributed by atoms with Crippen molar-refractivity contribution in [1.29, 1.82) is 0 Å². The van der Waals surface area contributed by atoms with Crippen molar-refractivity contribution in [1.82, 2.24) is 4.72 Å². The van der Waals surface area contributed by atoms with Gasteiger partial charge in [-0.05, 0) is 28.4 Å². The number of nitrogens with one attached hydrogen (secondary N) is 1. The van der Waals surface area contributed by atoms with Crippen molar-refractivity contribution in [2.24, 2.45) is 0 Å². The fraction of sp³-hybridized carbons (Fsp3) is 0.500. The van der Waals surface area contributed by atoms with E-state index < -0.39 is 22.1 Å². The number of aliphatic hydroxyl groups excluding tert-OH is 1. The molecule has 0 spiro atoms. The standard InChI is InChI=1S/C10H14BrNO5S2/c1-3-6(13)5-12-19(15,16)8-4-7(10(14)17-2)18-9(8)11/h4,6,12-13H,3,5H2,1-2H3. The largest absolute Gasteiger partial charge is 0.465 e. The van der Waals surface area contributed by atoms with Gasteiger partial charge in [0, 0.05) is 6.54 Å². The Kier molecular flexibility index (Phi) is 5.93. The van der Waals surface area contributed by atoms with Crippen LogP contribution in [0.3, 0.4) is 0 Å². The number of hydrogen-bond donors (Lipinski definition) is 2. The first-order chi connectivity index (χ1) is 8.81. The number of methoxy groups -OCH3 is 1. The third-order valence-corrected chi connectivity index (χ3v) is 5.97. The van der Waals surface area contributed by atoms with Gasteiger partial charge in [-0.2, -0.15) is 0 Å². The van der Waals surface area contributed by atoms with Gasteiger partial charge in [0.15, 0.2) is 0 Å². The van der Waals surface area contributed by atoms with E-state index in [1.54, 1.807) is 6.92 Å². The summed E-state index contributed by atoms with van der Waals surface area (Å²) in [7, 11) is -2.55. The maximum Gasteiger partial charge on any atom is 0.348 e. The molecule has 1 heterocycles. The number of sulfonamides is 1. The Morgan fingerprint density at radius 1 is 1.63 bits per heavy atom. The highest BCUT2D eigenvalue weighted by Crippen LogP contribution is 2.31. The molecule has 1 atom stereocenters. The number of aliphatic hydroxyl groups is 1. The molecule has 0 radical (unpaired) electrons. The van der Waals surface area contributed by atoms with Gasteiger partial charge in [-0.1, -0.05) is 6.92 Å². The lowest BCUT2D eigenvalue weighted by atomic mass is 10.3. The molecule has 2 N–H and O–H groups in total. The molecule has 108 valence electrons. The van der Waals surface area contributed by atoms with Crippen molar-refractivity contribution in [3.63, 3.8) is 0 Å². The van der Waals surface area contributed by atoms with E-state index in [1.807, 2.05) is 0 Å². The first-order valence-corrected chi connectivity index (χ1v) is 8.46. The van der Waals surface area contributed by atoms with Gasteiger partial charge in [-0.25, -0.2) is 17.9 Å². The molecule has 6 nitrogen and oxygen atoms in total. The van der Waals surface area contributed by atoms with Crippen LogP contribution < -0.4 is 4.72 Å². The molecule has 0 bridgehead atoms. The molecule has 19 heavy (non-hydrogen) atoms. The van der Waals surface area contributed by atoms with E-state index in [0.717, 1.165) is 11.3 Å². The Labute approximate surface area is 124 Å². The van der Waals surface area contributed by atoms with Crippen molar-refractivity contribution in [2.75, 3.05) is 13.7 Å². The first-order valence-electron chi connectivity index (χ1n) is 5.37. The fourth-order valence-electron chi connectivity index (χ4n) is 1.16. The van der Waals surface area contributed by atoms with Crippen LogP contribution in [0.1, 0.15) is 23.0 Å². The summed E-state index contributed by atoms with van der Waals surface area (Å²) in [5.41, 5.74) is 0. The van der Waals surface area contributed by atoms with E-state index in [1.165, 1.54) is 13.2 Å². The second-order valence-corrected chi connectivity index (χ2v) is 7.76. The Morgan fingerprint density at radius 2 is 2.26 bits per heavy atom. The summed E-state index contributed by atoms with van der Waals surface area (Å²) in [6, 6.07) is 1.24. The Morgan fingerprint density at radius 3 is 2.79 bits per heavy atom. The fourth-order valence-corrected chi connectivity index (χ4v) is 4.72. The third-order valence-electron chi connectivity index (χ3n) is 2.31. The van der Waals surface area contributed by atoms with Crippen molar-refractivity contribution in [3.8, 4) is 0 Å². The molecule has 0 aromatic carbocycles. The average Bonchev–Trinajstić information content (AvgIpc) is 2.78. The topological polar surface area (TPSA) is 92.7 Å². The highest BCUT2D eigenvalue weighted by atomic mass is 79.9. The lowest BCUT2D eigenvalue weighted by Crippen LogP contribution is -2.31. The number of rotatable bonds is 6. The summed E-state index contributed by atoms with van der Waals surface area (Å²) in [5, 5.41) is 9.36. The summed E-state index contributed by atoms with van der Waals surface area (Å²) < 4.78 is 31.1. The zero-order chi connectivity index (χ0) is 14.6. The van der Waals surface area contributed by atoms with Gasteiger partial charge in [0.25, 0.3) is 0 Å². The lowest BCUT2D eigenvalue weighted by Gasteiger charge is -2.09. The summed E-state index contributed by atoms with van der Waals surface area (Å²) in [6.07, 6.45) is -0.298. The second kappa shape index (κ2) is 6.80. The molecule has 0 fully saturated rings. The molecule has 0 aliphatic carbocycles. The minimum Gasteiger partial charge on any atom is -0.465 e. The molecule has 1 aromatic heterocycles. The van der Waals surface area contributed by atoms with E-state index in [9.17, 15) is 18.3 Å². The molecule has 0 aliphatic heterocycles. The summed E-state index contributed by atoms with van der Waals surface area (Å²) >= 11 is 4.08. The maximum atomic E-state index is 12.0. The van der Waals surface area contributed by atoms with Gasteiger partial charge in [0.05, 0.1) is 17.0 Å². The number of halogens is 1. The van der Waals surface area contributed by atoms with Gasteiger partial charge < -0.3 is 9.84 Å². The van der Waals surface area contributed by atoms with E-state index in [2.05, 4.69) is 25.4 Å². The Bertz CT molecular complexity index is 554. The predicted molar refractivity (Wildman–Crippen MR) is 74.8 cm³/mol. The lowest BCUT2D eigenvalue weighted by molar-refractivity contribution is 0.0606. The molecule has 0 saturated heterocycles. The number of carbonyl (C=O) groups is 1. The second-order valence-electron chi connectivity index (χ2n) is 3.65. The molecule has 1 rings (SSSR count). The van der Waals surface area contributed by atoms with Crippen LogP contribution >= 0.6 is 27.3 Å². The van der Waals surface area contributed by atoms with E-state index in [0.29, 0.717) is 10.2 Å². The summed E-state index contributed by atoms with van der Waals surface area (Å²) in [4.78, 5) is 11.5. The van der Waals surface area contributed by atoms with Crippen LogP contribution in [0.5, 0.6) is 0 Å². The smallest absolute Gasteiger partial charge is 0.348 e. The van der Waals surface area contributed by atoms with Crippen LogP contribution in [0, 0.1) is 0 Å². The molecule has 0 amide bonds. The SMILES string of the molecule is CCC(O)CNS(=O)(=O)c1cc(C(=O)OC)sc1Br. The number of hydrogen-bond acceptors (Lipinski definition) is 6. The molecule has 0 aliphatic rings. The van der Waals surface area contributed by atoms with Gasteiger partial charge >= 0.3 is 5.97 Å². The van der Waals surface area contributed by atoms with Crippen LogP contribution in [0.25, 0.3) is 0 Å². The van der Waals surface area contributed by atoms with Gasteiger partial charge in [0.1, 0.15) is 9.77 Å². The van der Waals surface area contributed by atoms with Gasteiger partial charge in [-0.15, -0.1) is 11.3 Å². The van der Waals surface area contributed by atoms with Crippen molar-refractivity contribution >= 4 is 43.3 Å². The minimum absolute atomic E-state index is 0.0406. The normalized spacial score (nSPS) is 13.3. The maximum absolute atomic E-state index is 12.0. The number of ether oxygens (including phenoxy) is 1. The summed E-state index contributed by atoms with van der Waals surface area (Å²) in [5.74, 6) is -0.597. The van der Waals surface area contributed by atoms with Crippen molar-refractivity contribution in [2.45, 2.75) is 24.3 Å². The van der Waals surface area contributed by atoms with Gasteiger partial charge in [-0.3, -0.25) is 0 Å². The zero-order valence-corrected chi connectivity index (χ0v) is 13.6. The van der Waals surface area contributed by atoms with Crippen LogP contribution in [0.4, 0.5) is 0 Å². The number of esters is 1. The summed E-state index contributed by atoms with van der Waals surface area (Å²) in [6.45, 7) is 1.67. The molecule has 1 unspecified atom stereocenters. The number of thiophene rings is 1. The van der Waals surface area contributed by atoms with Crippen molar-refractivity contribution in [3.05, 3.63) is 14.7 Å². The first kappa shape index (κ1) is 16.6. The third kappa shape index (κ3) is 4.25. The number of carbonyl (C=O) groups excluding carboxylic acids is 1. The van der Waals surface area contributed by atoms with Crippen LogP contribution in [0.2, 0.25) is 0 Å². The molecule has 1 aromatic rings. The van der Waals surface area contributed by atoms with E-state index >= 15 is 0 Å². The van der Waals surface area contributed by atoms with E-state index in [4.69, 9.17) is 0 Å². The average molecular weight is 372 g/mol. The predicted octanol–water partition coefficient (Wildman–Crippen LogP) is 1.35. The van der Waals surface area contributed by atoms with Crippen LogP contribution in [-0.2, 0) is 14.8 Å². The minimum atomic E-state index is -3.77. The Hall–Kier alpha value is -0.480. The highest BCUT2D eigenvalue weighted by Gasteiger charge is 2.23.